The van der Waals surface area contributed by atoms with Gasteiger partial charge in [-0.25, -0.2) is 4.39 Å². The van der Waals surface area contributed by atoms with E-state index >= 15 is 0 Å². The molecule has 0 aliphatic carbocycles. The van der Waals surface area contributed by atoms with Crippen LogP contribution in [0.15, 0.2) is 24.3 Å². The lowest BCUT2D eigenvalue weighted by Gasteiger charge is -2.08. The van der Waals surface area contributed by atoms with Crippen LogP contribution in [0.2, 0.25) is 0 Å². The quantitative estimate of drug-likeness (QED) is 0.817. The van der Waals surface area contributed by atoms with Gasteiger partial charge in [0.15, 0.2) is 11.6 Å². The molecule has 98 valence electrons. The zero-order chi connectivity index (χ0) is 13.5. The molecule has 0 fully saturated rings. The molecule has 0 heterocycles. The van der Waals surface area contributed by atoms with E-state index in [-0.39, 0.29) is 17.7 Å². The van der Waals surface area contributed by atoms with Gasteiger partial charge in [0.25, 0.3) is 0 Å². The minimum Gasteiger partial charge on any atom is -0.494 e. The molecule has 1 aromatic carbocycles. The molecule has 0 radical (unpaired) electrons. The number of carbonyl (C=O) groups excluding carboxylic acids is 1. The molecule has 1 atom stereocenters. The highest BCUT2D eigenvalue weighted by Crippen LogP contribution is 2.18. The highest BCUT2D eigenvalue weighted by Gasteiger charge is 2.03. The van der Waals surface area contributed by atoms with Gasteiger partial charge in [-0.05, 0) is 37.1 Å². The molecule has 4 heteroatoms. The molecule has 0 aliphatic rings. The molecule has 0 aliphatic heterocycles. The van der Waals surface area contributed by atoms with E-state index in [0.29, 0.717) is 5.56 Å². The van der Waals surface area contributed by atoms with Crippen molar-refractivity contribution >= 4 is 12.0 Å². The summed E-state index contributed by atoms with van der Waals surface area (Å²) in [6, 6.07) is 4.68. The number of hydrogen-bond acceptors (Lipinski definition) is 2. The van der Waals surface area contributed by atoms with Crippen molar-refractivity contribution in [3.8, 4) is 5.75 Å². The number of methoxy groups -OCH3 is 1. The maximum atomic E-state index is 13.4. The Hall–Kier alpha value is -1.84. The number of hydrogen-bond donors (Lipinski definition) is 1. The maximum Gasteiger partial charge on any atom is 0.244 e. The Bertz CT molecular complexity index is 443. The Kier molecular flexibility index (Phi) is 5.36. The van der Waals surface area contributed by atoms with E-state index in [0.717, 1.165) is 6.42 Å². The smallest absolute Gasteiger partial charge is 0.244 e. The number of rotatable bonds is 5. The normalized spacial score (nSPS) is 12.4. The Balaban J connectivity index is 2.67. The van der Waals surface area contributed by atoms with Gasteiger partial charge >= 0.3 is 0 Å². The number of nitrogens with one attached hydrogen (secondary N) is 1. The molecule has 1 amide bonds. The predicted molar refractivity (Wildman–Crippen MR) is 69.9 cm³/mol. The molecule has 3 nitrogen and oxygen atoms in total. The average Bonchev–Trinajstić information content (AvgIpc) is 2.36. The molecule has 0 saturated heterocycles. The summed E-state index contributed by atoms with van der Waals surface area (Å²) in [4.78, 5) is 11.5. The topological polar surface area (TPSA) is 38.3 Å². The summed E-state index contributed by atoms with van der Waals surface area (Å²) in [5.74, 6) is -0.432. The maximum absolute atomic E-state index is 13.4. The summed E-state index contributed by atoms with van der Waals surface area (Å²) in [7, 11) is 1.41. The summed E-state index contributed by atoms with van der Waals surface area (Å²) < 4.78 is 18.2. The zero-order valence-electron chi connectivity index (χ0n) is 10.9. The Morgan fingerprint density at radius 1 is 1.56 bits per heavy atom. The van der Waals surface area contributed by atoms with E-state index in [1.54, 1.807) is 12.1 Å². The standard InChI is InChI=1S/C14H18FNO2/c1-4-10(2)16-14(17)8-6-11-5-7-13(18-3)12(15)9-11/h5-10H,4H2,1-3H3,(H,16,17)/b8-6+. The van der Waals surface area contributed by atoms with Crippen molar-refractivity contribution in [3.63, 3.8) is 0 Å². The summed E-state index contributed by atoms with van der Waals surface area (Å²) in [5.41, 5.74) is 0.618. The monoisotopic (exact) mass is 251 g/mol. The fourth-order valence-electron chi connectivity index (χ4n) is 1.35. The molecule has 0 spiro atoms. The molecule has 1 unspecified atom stereocenters. The van der Waals surface area contributed by atoms with E-state index in [9.17, 15) is 9.18 Å². The van der Waals surface area contributed by atoms with Crippen molar-refractivity contribution < 1.29 is 13.9 Å². The fraction of sp³-hybridized carbons (Fsp3) is 0.357. The third kappa shape index (κ3) is 4.20. The van der Waals surface area contributed by atoms with Crippen molar-refractivity contribution in [1.82, 2.24) is 5.32 Å². The third-order valence-electron chi connectivity index (χ3n) is 2.60. The molecule has 18 heavy (non-hydrogen) atoms. The van der Waals surface area contributed by atoms with E-state index < -0.39 is 5.82 Å². The zero-order valence-corrected chi connectivity index (χ0v) is 10.9. The van der Waals surface area contributed by atoms with Crippen molar-refractivity contribution in [2.75, 3.05) is 7.11 Å². The second-order valence-electron chi connectivity index (χ2n) is 4.05. The second-order valence-corrected chi connectivity index (χ2v) is 4.05. The molecule has 0 aromatic heterocycles. The van der Waals surface area contributed by atoms with Crippen LogP contribution in [-0.4, -0.2) is 19.1 Å². The molecular formula is C14H18FNO2. The summed E-state index contributed by atoms with van der Waals surface area (Å²) in [6.45, 7) is 3.92. The molecule has 1 N–H and O–H groups in total. The van der Waals surface area contributed by atoms with Crippen LogP contribution in [0.3, 0.4) is 0 Å². The number of carbonyl (C=O) groups is 1. The van der Waals surface area contributed by atoms with E-state index in [2.05, 4.69) is 5.32 Å². The van der Waals surface area contributed by atoms with Gasteiger partial charge in [0.1, 0.15) is 0 Å². The first-order valence-corrected chi connectivity index (χ1v) is 5.89. The van der Waals surface area contributed by atoms with Gasteiger partial charge in [-0.1, -0.05) is 13.0 Å². The van der Waals surface area contributed by atoms with Crippen LogP contribution >= 0.6 is 0 Å². The van der Waals surface area contributed by atoms with Gasteiger partial charge in [0, 0.05) is 12.1 Å². The Morgan fingerprint density at radius 3 is 2.83 bits per heavy atom. The first-order chi connectivity index (χ1) is 8.56. The molecular weight excluding hydrogens is 233 g/mol. The SMILES string of the molecule is CCC(C)NC(=O)/C=C/c1ccc(OC)c(F)c1. The lowest BCUT2D eigenvalue weighted by molar-refractivity contribution is -0.117. The van der Waals surface area contributed by atoms with Crippen LogP contribution in [0.5, 0.6) is 5.75 Å². The average molecular weight is 251 g/mol. The Labute approximate surface area is 107 Å². The van der Waals surface area contributed by atoms with Gasteiger partial charge < -0.3 is 10.1 Å². The molecule has 1 aromatic rings. The highest BCUT2D eigenvalue weighted by atomic mass is 19.1. The molecule has 0 bridgehead atoms. The van der Waals surface area contributed by atoms with Gasteiger partial charge in [-0.2, -0.15) is 0 Å². The van der Waals surface area contributed by atoms with Crippen LogP contribution in [0.4, 0.5) is 4.39 Å². The van der Waals surface area contributed by atoms with E-state index in [4.69, 9.17) is 4.74 Å². The number of halogens is 1. The van der Waals surface area contributed by atoms with E-state index in [1.165, 1.54) is 25.3 Å². The second kappa shape index (κ2) is 6.79. The highest BCUT2D eigenvalue weighted by molar-refractivity contribution is 5.91. The van der Waals surface area contributed by atoms with Crippen LogP contribution in [0.25, 0.3) is 6.08 Å². The van der Waals surface area contributed by atoms with Crippen LogP contribution < -0.4 is 10.1 Å². The van der Waals surface area contributed by atoms with E-state index in [1.807, 2.05) is 13.8 Å². The Morgan fingerprint density at radius 2 is 2.28 bits per heavy atom. The first-order valence-electron chi connectivity index (χ1n) is 5.89. The lowest BCUT2D eigenvalue weighted by Crippen LogP contribution is -2.30. The molecule has 0 saturated carbocycles. The van der Waals surface area contributed by atoms with Crippen molar-refractivity contribution in [2.24, 2.45) is 0 Å². The van der Waals surface area contributed by atoms with Gasteiger partial charge in [0.2, 0.25) is 5.91 Å². The first kappa shape index (κ1) is 14.2. The van der Waals surface area contributed by atoms with Gasteiger partial charge in [-0.15, -0.1) is 0 Å². The number of benzene rings is 1. The van der Waals surface area contributed by atoms with Crippen LogP contribution in [0.1, 0.15) is 25.8 Å². The fourth-order valence-corrected chi connectivity index (χ4v) is 1.35. The number of amides is 1. The molecule has 1 rings (SSSR count). The van der Waals surface area contributed by atoms with Crippen molar-refractivity contribution in [2.45, 2.75) is 26.3 Å². The number of ether oxygens (including phenoxy) is 1. The van der Waals surface area contributed by atoms with Gasteiger partial charge in [-0.3, -0.25) is 4.79 Å². The van der Waals surface area contributed by atoms with Gasteiger partial charge in [0.05, 0.1) is 7.11 Å². The summed E-state index contributed by atoms with van der Waals surface area (Å²) in [5, 5.41) is 2.79. The summed E-state index contributed by atoms with van der Waals surface area (Å²) >= 11 is 0. The third-order valence-corrected chi connectivity index (χ3v) is 2.60. The van der Waals surface area contributed by atoms with Crippen molar-refractivity contribution in [1.29, 1.82) is 0 Å². The largest absolute Gasteiger partial charge is 0.494 e. The van der Waals surface area contributed by atoms with Crippen molar-refractivity contribution in [3.05, 3.63) is 35.7 Å². The lowest BCUT2D eigenvalue weighted by atomic mass is 10.2. The van der Waals surface area contributed by atoms with Crippen LogP contribution in [0, 0.1) is 5.82 Å². The van der Waals surface area contributed by atoms with Crippen LogP contribution in [-0.2, 0) is 4.79 Å². The predicted octanol–water partition coefficient (Wildman–Crippen LogP) is 2.76. The minimum absolute atomic E-state index is 0.134. The summed E-state index contributed by atoms with van der Waals surface area (Å²) in [6.07, 6.45) is 3.84. The minimum atomic E-state index is -0.443.